The number of benzene rings is 2. The van der Waals surface area contributed by atoms with Gasteiger partial charge in [-0.15, -0.1) is 23.4 Å². The average molecular weight is 777 g/mol. The molecule has 1 atom stereocenters. The Hall–Kier alpha value is -4.80. The molecular formula is C31H37F5N8O8S. The van der Waals surface area contributed by atoms with Gasteiger partial charge in [0.2, 0.25) is 21.8 Å². The number of carboxylic acids is 1. The molecule has 3 N–H and O–H groups in total. The van der Waals surface area contributed by atoms with E-state index in [1.54, 1.807) is 17.0 Å². The first-order chi connectivity index (χ1) is 24.9. The number of rotatable bonds is 11. The largest absolute Gasteiger partial charge is 0.573 e. The van der Waals surface area contributed by atoms with E-state index in [-0.39, 0.29) is 36.7 Å². The van der Waals surface area contributed by atoms with Crippen molar-refractivity contribution in [2.45, 2.75) is 56.1 Å². The molecule has 5 rings (SSSR count). The lowest BCUT2D eigenvalue weighted by Gasteiger charge is -2.38. The van der Waals surface area contributed by atoms with Crippen LogP contribution in [0.2, 0.25) is 0 Å². The molecule has 3 heterocycles. The Morgan fingerprint density at radius 3 is 2.15 bits per heavy atom. The van der Waals surface area contributed by atoms with Crippen molar-refractivity contribution in [2.24, 2.45) is 5.73 Å². The third kappa shape index (κ3) is 11.1. The highest BCUT2D eigenvalue weighted by Gasteiger charge is 2.42. The highest BCUT2D eigenvalue weighted by Crippen LogP contribution is 2.31. The first-order valence-corrected chi connectivity index (χ1v) is 17.5. The van der Waals surface area contributed by atoms with Crippen LogP contribution in [0.25, 0.3) is 0 Å². The summed E-state index contributed by atoms with van der Waals surface area (Å²) in [7, 11) is -4.45. The minimum atomic E-state index is -4.97. The number of aromatic nitrogens is 4. The summed E-state index contributed by atoms with van der Waals surface area (Å²) in [5.74, 6) is -5.63. The predicted octanol–water partition coefficient (Wildman–Crippen LogP) is 1.61. The second-order valence-corrected chi connectivity index (χ2v) is 13.6. The predicted molar refractivity (Wildman–Crippen MR) is 172 cm³/mol. The highest BCUT2D eigenvalue weighted by atomic mass is 32.2. The summed E-state index contributed by atoms with van der Waals surface area (Å²) < 4.78 is 99.1. The summed E-state index contributed by atoms with van der Waals surface area (Å²) in [5.41, 5.74) is 6.29. The average Bonchev–Trinajstić information content (AvgIpc) is 3.57. The molecule has 2 saturated heterocycles. The molecule has 0 bridgehead atoms. The Morgan fingerprint density at radius 1 is 0.943 bits per heavy atom. The zero-order valence-corrected chi connectivity index (χ0v) is 29.1. The van der Waals surface area contributed by atoms with Crippen molar-refractivity contribution in [3.05, 3.63) is 65.5 Å². The fourth-order valence-corrected chi connectivity index (χ4v) is 6.78. The number of morpholine rings is 1. The Balaban J connectivity index is 0.000000407. The third-order valence-electron chi connectivity index (χ3n) is 8.13. The summed E-state index contributed by atoms with van der Waals surface area (Å²) in [6, 6.07) is 7.80. The number of amides is 2. The molecule has 0 spiro atoms. The van der Waals surface area contributed by atoms with Gasteiger partial charge in [-0.05, 0) is 35.0 Å². The van der Waals surface area contributed by atoms with Gasteiger partial charge in [-0.1, -0.05) is 31.2 Å². The second-order valence-electron chi connectivity index (χ2n) is 11.7. The zero-order valence-electron chi connectivity index (χ0n) is 28.3. The summed E-state index contributed by atoms with van der Waals surface area (Å²) in [6.45, 7) is 2.09. The number of nitrogens with zero attached hydrogens (tertiary/aromatic N) is 7. The van der Waals surface area contributed by atoms with Gasteiger partial charge in [-0.3, -0.25) is 14.4 Å². The van der Waals surface area contributed by atoms with Gasteiger partial charge in [0.1, 0.15) is 18.3 Å². The quantitative estimate of drug-likeness (QED) is 0.267. The fourth-order valence-electron chi connectivity index (χ4n) is 5.21. The summed E-state index contributed by atoms with van der Waals surface area (Å²) in [4.78, 5) is 40.4. The number of sulfonamides is 1. The molecule has 16 nitrogen and oxygen atoms in total. The molecule has 0 unspecified atom stereocenters. The number of carbonyl (C=O) groups excluding carboxylic acids is 2. The third-order valence-corrected chi connectivity index (χ3v) is 10.1. The van der Waals surface area contributed by atoms with Gasteiger partial charge in [0.15, 0.2) is 5.82 Å². The molecule has 2 aromatic carbocycles. The van der Waals surface area contributed by atoms with Gasteiger partial charge in [0.05, 0.1) is 24.5 Å². The summed E-state index contributed by atoms with van der Waals surface area (Å²) >= 11 is 0. The molecule has 2 aliphatic rings. The first kappa shape index (κ1) is 41.0. The monoisotopic (exact) mass is 776 g/mol. The van der Waals surface area contributed by atoms with Crippen LogP contribution in [0, 0.1) is 0 Å². The molecule has 2 amide bonds. The molecule has 0 saturated carbocycles. The maximum atomic E-state index is 13.1. The molecule has 290 valence electrons. The molecule has 2 aliphatic heterocycles. The van der Waals surface area contributed by atoms with Crippen molar-refractivity contribution in [3.8, 4) is 5.75 Å². The molecule has 53 heavy (non-hydrogen) atoms. The van der Waals surface area contributed by atoms with Gasteiger partial charge in [0, 0.05) is 51.3 Å². The van der Waals surface area contributed by atoms with E-state index in [4.69, 9.17) is 10.5 Å². The Labute approximate surface area is 300 Å². The number of carbonyl (C=O) groups is 3. The number of nitrogens with two attached hydrogens (primary N) is 1. The van der Waals surface area contributed by atoms with Crippen LogP contribution in [0.15, 0.2) is 53.4 Å². The number of piperazine rings is 1. The molecule has 0 radical (unpaired) electrons. The highest BCUT2D eigenvalue weighted by molar-refractivity contribution is 7.89. The van der Waals surface area contributed by atoms with Crippen molar-refractivity contribution < 1.29 is 59.3 Å². The van der Waals surface area contributed by atoms with E-state index in [1.165, 1.54) is 19.1 Å². The number of tetrazole rings is 1. The lowest BCUT2D eigenvalue weighted by molar-refractivity contribution is -0.274. The Morgan fingerprint density at radius 2 is 1.58 bits per heavy atom. The molecular weight excluding hydrogens is 739 g/mol. The topological polar surface area (TPSA) is 203 Å². The van der Waals surface area contributed by atoms with Gasteiger partial charge in [-0.2, -0.15) is 9.10 Å². The smallest absolute Gasteiger partial charge is 0.480 e. The van der Waals surface area contributed by atoms with Gasteiger partial charge < -0.3 is 30.1 Å². The van der Waals surface area contributed by atoms with E-state index in [2.05, 4.69) is 20.1 Å². The second kappa shape index (κ2) is 17.4. The lowest BCUT2D eigenvalue weighted by atomic mass is 10.0. The molecule has 0 aliphatic carbocycles. The SMILES string of the molecule is CCC(F)(F)c1ccc(CN)cc1.O=C(O)[C@H]1CN(C(=O)Cn2nnc(CC(=O)N3CCOCC3)n2)CCN1S(=O)(=O)c1ccc(OC(F)(F)F)cc1. The Bertz CT molecular complexity index is 1820. The van der Waals surface area contributed by atoms with Crippen LogP contribution in [0.5, 0.6) is 5.75 Å². The minimum Gasteiger partial charge on any atom is -0.480 e. The molecule has 22 heteroatoms. The maximum Gasteiger partial charge on any atom is 0.573 e. The molecule has 3 aromatic rings. The van der Waals surface area contributed by atoms with Crippen LogP contribution in [0.1, 0.15) is 30.3 Å². The van der Waals surface area contributed by atoms with E-state index in [0.29, 0.717) is 37.2 Å². The number of carboxylic acid groups (broad SMARTS) is 1. The minimum absolute atomic E-state index is 0.0622. The van der Waals surface area contributed by atoms with Crippen LogP contribution in [-0.4, -0.2) is 124 Å². The van der Waals surface area contributed by atoms with E-state index >= 15 is 0 Å². The van der Waals surface area contributed by atoms with Crippen LogP contribution >= 0.6 is 0 Å². The first-order valence-electron chi connectivity index (χ1n) is 16.1. The van der Waals surface area contributed by atoms with Crippen molar-refractivity contribution in [2.75, 3.05) is 45.9 Å². The van der Waals surface area contributed by atoms with Crippen molar-refractivity contribution in [3.63, 3.8) is 0 Å². The van der Waals surface area contributed by atoms with Crippen LogP contribution in [0.3, 0.4) is 0 Å². The van der Waals surface area contributed by atoms with E-state index < -0.39 is 70.5 Å². The molecule has 2 fully saturated rings. The number of alkyl halides is 5. The lowest BCUT2D eigenvalue weighted by Crippen LogP contribution is -2.59. The number of halogens is 5. The van der Waals surface area contributed by atoms with Crippen molar-refractivity contribution in [1.82, 2.24) is 34.3 Å². The van der Waals surface area contributed by atoms with Crippen molar-refractivity contribution >= 4 is 27.8 Å². The maximum absolute atomic E-state index is 13.1. The number of hydrogen-bond donors (Lipinski definition) is 2. The van der Waals surface area contributed by atoms with Gasteiger partial charge in [-0.25, -0.2) is 17.2 Å². The van der Waals surface area contributed by atoms with Gasteiger partial charge in [0.25, 0.3) is 5.92 Å². The van der Waals surface area contributed by atoms with E-state index in [9.17, 15) is 49.9 Å². The van der Waals surface area contributed by atoms with Crippen LogP contribution in [-0.2, 0) is 54.6 Å². The summed E-state index contributed by atoms with van der Waals surface area (Å²) in [5, 5.41) is 21.3. The fraction of sp³-hybridized carbons (Fsp3) is 0.484. The normalized spacial score (nSPS) is 17.2. The van der Waals surface area contributed by atoms with E-state index in [1.807, 2.05) is 0 Å². The summed E-state index contributed by atoms with van der Waals surface area (Å²) in [6.07, 6.45) is -5.27. The van der Waals surface area contributed by atoms with Gasteiger partial charge >= 0.3 is 12.3 Å². The number of ether oxygens (including phenoxy) is 2. The van der Waals surface area contributed by atoms with E-state index in [0.717, 1.165) is 39.5 Å². The zero-order chi connectivity index (χ0) is 39.0. The van der Waals surface area contributed by atoms with Crippen LogP contribution in [0.4, 0.5) is 22.0 Å². The van der Waals surface area contributed by atoms with Crippen LogP contribution < -0.4 is 10.5 Å². The number of hydrogen-bond acceptors (Lipinski definition) is 11. The number of aliphatic carboxylic acids is 1. The standard InChI is InChI=1S/C21H24F3N7O8S.C10H13F2N/c22-21(23,24)39-14-1-3-15(4-2-14)40(36,37)30-6-5-29(12-16(30)20(34)35)19(33)13-31-26-17(25-27-31)11-18(32)28-7-9-38-10-8-28;1-2-10(11,12)9-5-3-8(7-13)4-6-9/h1-4,16H,5-13H2,(H,34,35);3-6H,2,7,13H2,1H3/t16-;/m1./s1. The molecule has 1 aromatic heterocycles. The van der Waals surface area contributed by atoms with Crippen molar-refractivity contribution in [1.29, 1.82) is 0 Å². The Kier molecular flexibility index (Phi) is 13.4.